The number of aromatic nitrogens is 1. The second-order valence-electron chi connectivity index (χ2n) is 6.97. The largest absolute Gasteiger partial charge is 0.488 e. The molecule has 1 heterocycles. The number of halogens is 3. The summed E-state index contributed by atoms with van der Waals surface area (Å²) in [5.74, 6) is 0.836. The second-order valence-corrected chi connectivity index (χ2v) is 8.26. The van der Waals surface area contributed by atoms with E-state index in [-0.39, 0.29) is 12.4 Å². The summed E-state index contributed by atoms with van der Waals surface area (Å²) in [6.45, 7) is 2.25. The molecular formula is C24H23BrCl2N2O. The van der Waals surface area contributed by atoms with Gasteiger partial charge in [0.05, 0.1) is 4.47 Å². The van der Waals surface area contributed by atoms with Crippen LogP contribution in [0.3, 0.4) is 0 Å². The van der Waals surface area contributed by atoms with Crippen LogP contribution in [-0.2, 0) is 19.6 Å². The molecule has 4 aromatic rings. The number of benzene rings is 3. The Balaban J connectivity index is 0.00000256. The van der Waals surface area contributed by atoms with E-state index in [1.54, 1.807) is 0 Å². The monoisotopic (exact) mass is 504 g/mol. The molecule has 0 amide bonds. The standard InChI is InChI=1S/C24H22BrClN2O.ClH/c25-22-13-18(7-10-24(22)29-16-17-5-8-20(26)9-6-17)14-27-12-11-19-15-28-23-4-2-1-3-21(19)23;/h1-10,13,15,27-28H,11-12,14,16H2;1H. The summed E-state index contributed by atoms with van der Waals surface area (Å²) in [6, 6.07) is 22.3. The lowest BCUT2D eigenvalue weighted by molar-refractivity contribution is 0.304. The van der Waals surface area contributed by atoms with Gasteiger partial charge in [-0.25, -0.2) is 0 Å². The van der Waals surface area contributed by atoms with E-state index in [0.29, 0.717) is 6.61 Å². The van der Waals surface area contributed by atoms with Gasteiger partial charge in [0, 0.05) is 28.7 Å². The molecule has 0 aliphatic carbocycles. The molecule has 30 heavy (non-hydrogen) atoms. The van der Waals surface area contributed by atoms with Crippen molar-refractivity contribution < 1.29 is 4.74 Å². The molecule has 0 aliphatic rings. The topological polar surface area (TPSA) is 37.0 Å². The molecule has 0 spiro atoms. The van der Waals surface area contributed by atoms with E-state index in [1.807, 2.05) is 30.3 Å². The molecule has 0 saturated carbocycles. The number of hydrogen-bond donors (Lipinski definition) is 2. The summed E-state index contributed by atoms with van der Waals surface area (Å²) >= 11 is 9.54. The van der Waals surface area contributed by atoms with E-state index < -0.39 is 0 Å². The molecule has 0 radical (unpaired) electrons. The number of hydrogen-bond acceptors (Lipinski definition) is 2. The molecule has 3 aromatic carbocycles. The van der Waals surface area contributed by atoms with Crippen LogP contribution < -0.4 is 10.1 Å². The summed E-state index contributed by atoms with van der Waals surface area (Å²) in [4.78, 5) is 3.33. The zero-order chi connectivity index (χ0) is 20.1. The Hall–Kier alpha value is -1.98. The summed E-state index contributed by atoms with van der Waals surface area (Å²) < 4.78 is 6.88. The van der Waals surface area contributed by atoms with Crippen LogP contribution in [-0.4, -0.2) is 11.5 Å². The van der Waals surface area contributed by atoms with Crippen molar-refractivity contribution >= 4 is 50.8 Å². The van der Waals surface area contributed by atoms with Crippen LogP contribution in [0.15, 0.2) is 77.4 Å². The van der Waals surface area contributed by atoms with Gasteiger partial charge in [-0.3, -0.25) is 0 Å². The fraction of sp³-hybridized carbons (Fsp3) is 0.167. The Morgan fingerprint density at radius 1 is 0.967 bits per heavy atom. The Morgan fingerprint density at radius 3 is 2.53 bits per heavy atom. The zero-order valence-corrected chi connectivity index (χ0v) is 19.5. The molecule has 1 aromatic heterocycles. The van der Waals surface area contributed by atoms with Gasteiger partial charge in [0.1, 0.15) is 12.4 Å². The first-order valence-electron chi connectivity index (χ1n) is 9.60. The smallest absolute Gasteiger partial charge is 0.134 e. The van der Waals surface area contributed by atoms with Crippen molar-refractivity contribution in [3.05, 3.63) is 99.1 Å². The summed E-state index contributed by atoms with van der Waals surface area (Å²) in [5.41, 5.74) is 4.85. The first kappa shape index (κ1) is 22.7. The van der Waals surface area contributed by atoms with Crippen LogP contribution in [0.2, 0.25) is 5.02 Å². The van der Waals surface area contributed by atoms with Gasteiger partial charge in [-0.1, -0.05) is 48.0 Å². The molecule has 0 atom stereocenters. The van der Waals surface area contributed by atoms with E-state index in [0.717, 1.165) is 40.3 Å². The quantitative estimate of drug-likeness (QED) is 0.255. The van der Waals surface area contributed by atoms with Crippen molar-refractivity contribution in [3.8, 4) is 5.75 Å². The van der Waals surface area contributed by atoms with Crippen LogP contribution in [0.1, 0.15) is 16.7 Å². The summed E-state index contributed by atoms with van der Waals surface area (Å²) in [7, 11) is 0. The van der Waals surface area contributed by atoms with Crippen LogP contribution in [0.5, 0.6) is 5.75 Å². The Kier molecular flexibility index (Phi) is 8.23. The average Bonchev–Trinajstić information content (AvgIpc) is 3.15. The third kappa shape index (κ3) is 5.79. The highest BCUT2D eigenvalue weighted by atomic mass is 79.9. The van der Waals surface area contributed by atoms with Crippen molar-refractivity contribution in [1.82, 2.24) is 10.3 Å². The second kappa shape index (κ2) is 10.9. The van der Waals surface area contributed by atoms with Crippen LogP contribution >= 0.6 is 39.9 Å². The molecule has 156 valence electrons. The molecule has 0 saturated heterocycles. The fourth-order valence-corrected chi connectivity index (χ4v) is 3.97. The van der Waals surface area contributed by atoms with E-state index in [4.69, 9.17) is 16.3 Å². The summed E-state index contributed by atoms with van der Waals surface area (Å²) in [6.07, 6.45) is 3.10. The highest BCUT2D eigenvalue weighted by Crippen LogP contribution is 2.27. The fourth-order valence-electron chi connectivity index (χ4n) is 3.31. The number of fused-ring (bicyclic) bond motifs is 1. The molecule has 2 N–H and O–H groups in total. The molecule has 0 aliphatic heterocycles. The van der Waals surface area contributed by atoms with Gasteiger partial charge < -0.3 is 15.0 Å². The predicted molar refractivity (Wildman–Crippen MR) is 131 cm³/mol. The first-order valence-corrected chi connectivity index (χ1v) is 10.8. The Labute approximate surface area is 196 Å². The summed E-state index contributed by atoms with van der Waals surface area (Å²) in [5, 5.41) is 5.56. The maximum Gasteiger partial charge on any atom is 0.134 e. The highest BCUT2D eigenvalue weighted by Gasteiger charge is 2.05. The van der Waals surface area contributed by atoms with Crippen molar-refractivity contribution in [3.63, 3.8) is 0 Å². The maximum absolute atomic E-state index is 5.92. The lowest BCUT2D eigenvalue weighted by atomic mass is 10.1. The predicted octanol–water partition coefficient (Wildman–Crippen LogP) is 6.92. The Bertz CT molecular complexity index is 1100. The molecule has 6 heteroatoms. The van der Waals surface area contributed by atoms with Gasteiger partial charge in [0.2, 0.25) is 0 Å². The van der Waals surface area contributed by atoms with Gasteiger partial charge in [-0.2, -0.15) is 0 Å². The van der Waals surface area contributed by atoms with Crippen LogP contribution in [0.4, 0.5) is 0 Å². The molecular weight excluding hydrogens is 483 g/mol. The minimum Gasteiger partial charge on any atom is -0.488 e. The van der Waals surface area contributed by atoms with Gasteiger partial charge in [-0.05, 0) is 75.9 Å². The number of para-hydroxylation sites is 1. The lowest BCUT2D eigenvalue weighted by Crippen LogP contribution is -2.16. The van der Waals surface area contributed by atoms with Gasteiger partial charge >= 0.3 is 0 Å². The van der Waals surface area contributed by atoms with Crippen molar-refractivity contribution in [2.45, 2.75) is 19.6 Å². The third-order valence-electron chi connectivity index (χ3n) is 4.88. The van der Waals surface area contributed by atoms with Crippen molar-refractivity contribution in [2.75, 3.05) is 6.54 Å². The van der Waals surface area contributed by atoms with Crippen LogP contribution in [0.25, 0.3) is 10.9 Å². The van der Waals surface area contributed by atoms with Gasteiger partial charge in [-0.15, -0.1) is 12.4 Å². The maximum atomic E-state index is 5.92. The number of aromatic amines is 1. The van der Waals surface area contributed by atoms with Gasteiger partial charge in [0.15, 0.2) is 0 Å². The number of nitrogens with one attached hydrogen (secondary N) is 2. The molecule has 3 nitrogen and oxygen atoms in total. The highest BCUT2D eigenvalue weighted by molar-refractivity contribution is 9.10. The van der Waals surface area contributed by atoms with Crippen LogP contribution in [0, 0.1) is 0 Å². The molecule has 0 bridgehead atoms. The molecule has 0 unspecified atom stereocenters. The van der Waals surface area contributed by atoms with E-state index in [1.165, 1.54) is 22.0 Å². The van der Waals surface area contributed by atoms with Crippen molar-refractivity contribution in [1.29, 1.82) is 0 Å². The van der Waals surface area contributed by atoms with E-state index in [9.17, 15) is 0 Å². The Morgan fingerprint density at radius 2 is 1.73 bits per heavy atom. The SMILES string of the molecule is Cl.Clc1ccc(COc2ccc(CNCCc3c[nH]c4ccccc34)cc2Br)cc1. The third-order valence-corrected chi connectivity index (χ3v) is 5.75. The first-order chi connectivity index (χ1) is 14.2. The number of H-pyrrole nitrogens is 1. The van der Waals surface area contributed by atoms with E-state index >= 15 is 0 Å². The number of ether oxygens (including phenoxy) is 1. The average molecular weight is 506 g/mol. The number of rotatable bonds is 8. The zero-order valence-electron chi connectivity index (χ0n) is 16.3. The van der Waals surface area contributed by atoms with E-state index in [2.05, 4.69) is 68.8 Å². The molecule has 0 fully saturated rings. The lowest BCUT2D eigenvalue weighted by Gasteiger charge is -2.11. The van der Waals surface area contributed by atoms with Crippen molar-refractivity contribution in [2.24, 2.45) is 0 Å². The minimum absolute atomic E-state index is 0. The van der Waals surface area contributed by atoms with Gasteiger partial charge in [0.25, 0.3) is 0 Å². The normalized spacial score (nSPS) is 10.7. The minimum atomic E-state index is 0. The molecule has 4 rings (SSSR count).